The summed E-state index contributed by atoms with van der Waals surface area (Å²) in [6, 6.07) is 0.0299. The Bertz CT molecular complexity index is 459. The molecule has 6 heteroatoms. The molecule has 0 spiro atoms. The number of carbonyl (C=O) groups excluding carboxylic acids is 1. The molecule has 0 aliphatic heterocycles. The molecule has 2 aliphatic rings. The van der Waals surface area contributed by atoms with Crippen LogP contribution in [0.25, 0.3) is 0 Å². The fraction of sp³-hybridized carbons (Fsp3) is 0.750. The molecule has 4 unspecified atom stereocenters. The maximum Gasteiger partial charge on any atom is 0.231 e. The van der Waals surface area contributed by atoms with Crippen LogP contribution in [-0.2, 0) is 11.2 Å². The van der Waals surface area contributed by atoms with Gasteiger partial charge in [0.05, 0.1) is 5.92 Å². The number of nitrogens with zero attached hydrogens (tertiary/aromatic N) is 2. The number of amides is 1. The molecule has 5 nitrogen and oxygen atoms in total. The minimum atomic E-state index is -0.0299. The molecule has 3 N–H and O–H groups in total. The summed E-state index contributed by atoms with van der Waals surface area (Å²) in [7, 11) is 0. The van der Waals surface area contributed by atoms with Crippen molar-refractivity contribution in [2.24, 2.45) is 23.5 Å². The van der Waals surface area contributed by atoms with Gasteiger partial charge in [-0.15, -0.1) is 10.2 Å². The lowest BCUT2D eigenvalue weighted by Crippen LogP contribution is -2.42. The van der Waals surface area contributed by atoms with Crippen LogP contribution >= 0.6 is 11.3 Å². The highest BCUT2D eigenvalue weighted by Gasteiger charge is 2.49. The fourth-order valence-electron chi connectivity index (χ4n) is 3.36. The number of fused-ring (bicyclic) bond motifs is 2. The number of aryl methyl sites for hydroxylation is 1. The van der Waals surface area contributed by atoms with E-state index in [1.165, 1.54) is 17.8 Å². The number of carbonyl (C=O) groups is 1. The van der Waals surface area contributed by atoms with Crippen LogP contribution < -0.4 is 11.1 Å². The van der Waals surface area contributed by atoms with Gasteiger partial charge in [-0.1, -0.05) is 18.3 Å². The van der Waals surface area contributed by atoms with E-state index in [4.69, 9.17) is 5.73 Å². The lowest BCUT2D eigenvalue weighted by Gasteiger charge is -2.26. The van der Waals surface area contributed by atoms with Gasteiger partial charge in [0.1, 0.15) is 5.01 Å². The van der Waals surface area contributed by atoms with E-state index in [0.29, 0.717) is 17.0 Å². The minimum absolute atomic E-state index is 0.0299. The Labute approximate surface area is 110 Å². The third-order valence-corrected chi connectivity index (χ3v) is 5.27. The van der Waals surface area contributed by atoms with Crippen molar-refractivity contribution in [3.8, 4) is 0 Å². The SMILES string of the molecule is CCc1nnc(NC(=O)C2C3CCC(C3)C2N)s1. The highest BCUT2D eigenvalue weighted by Crippen LogP contribution is 2.47. The summed E-state index contributed by atoms with van der Waals surface area (Å²) >= 11 is 1.45. The van der Waals surface area contributed by atoms with E-state index < -0.39 is 0 Å². The first-order chi connectivity index (χ1) is 8.69. The van der Waals surface area contributed by atoms with Crippen LogP contribution in [0.2, 0.25) is 0 Å². The van der Waals surface area contributed by atoms with Crippen molar-refractivity contribution in [2.75, 3.05) is 5.32 Å². The average molecular weight is 266 g/mol. The molecule has 2 saturated carbocycles. The quantitative estimate of drug-likeness (QED) is 0.867. The summed E-state index contributed by atoms with van der Waals surface area (Å²) in [5.41, 5.74) is 6.16. The smallest absolute Gasteiger partial charge is 0.231 e. The van der Waals surface area contributed by atoms with Crippen molar-refractivity contribution in [2.45, 2.75) is 38.6 Å². The van der Waals surface area contributed by atoms with E-state index in [-0.39, 0.29) is 17.9 Å². The van der Waals surface area contributed by atoms with Gasteiger partial charge < -0.3 is 11.1 Å². The number of anilines is 1. The van der Waals surface area contributed by atoms with E-state index in [1.807, 2.05) is 6.92 Å². The predicted molar refractivity (Wildman–Crippen MR) is 70.2 cm³/mol. The molecular formula is C12H18N4OS. The lowest BCUT2D eigenvalue weighted by molar-refractivity contribution is -0.121. The molecule has 0 aromatic carbocycles. The summed E-state index contributed by atoms with van der Waals surface area (Å²) in [4.78, 5) is 12.3. The average Bonchev–Trinajstić information content (AvgIpc) is 3.03. The zero-order chi connectivity index (χ0) is 12.7. The van der Waals surface area contributed by atoms with E-state index in [0.717, 1.165) is 24.3 Å². The van der Waals surface area contributed by atoms with Gasteiger partial charge in [-0.05, 0) is 37.5 Å². The van der Waals surface area contributed by atoms with E-state index >= 15 is 0 Å². The van der Waals surface area contributed by atoms with Gasteiger partial charge in [0.15, 0.2) is 0 Å². The molecule has 2 aliphatic carbocycles. The highest BCUT2D eigenvalue weighted by atomic mass is 32.1. The minimum Gasteiger partial charge on any atom is -0.327 e. The van der Waals surface area contributed by atoms with Gasteiger partial charge in [-0.2, -0.15) is 0 Å². The van der Waals surface area contributed by atoms with Gasteiger partial charge in [0.25, 0.3) is 0 Å². The molecule has 1 heterocycles. The Kier molecular flexibility index (Phi) is 3.07. The molecule has 1 aromatic rings. The van der Waals surface area contributed by atoms with Crippen molar-refractivity contribution in [1.82, 2.24) is 10.2 Å². The van der Waals surface area contributed by atoms with Crippen LogP contribution in [0, 0.1) is 17.8 Å². The number of rotatable bonds is 3. The second-order valence-corrected chi connectivity index (χ2v) is 6.34. The lowest BCUT2D eigenvalue weighted by atomic mass is 9.84. The second-order valence-electron chi connectivity index (χ2n) is 5.28. The predicted octanol–water partition coefficient (Wildman–Crippen LogP) is 1.41. The van der Waals surface area contributed by atoms with Crippen LogP contribution in [0.4, 0.5) is 5.13 Å². The summed E-state index contributed by atoms with van der Waals surface area (Å²) in [5.74, 6) is 1.03. The van der Waals surface area contributed by atoms with E-state index in [9.17, 15) is 4.79 Å². The summed E-state index contributed by atoms with van der Waals surface area (Å²) in [5, 5.41) is 12.4. The monoisotopic (exact) mass is 266 g/mol. The summed E-state index contributed by atoms with van der Waals surface area (Å²) in [6.45, 7) is 2.03. The Morgan fingerprint density at radius 1 is 1.44 bits per heavy atom. The first-order valence-electron chi connectivity index (χ1n) is 6.58. The van der Waals surface area contributed by atoms with Crippen molar-refractivity contribution >= 4 is 22.4 Å². The summed E-state index contributed by atoms with van der Waals surface area (Å²) in [6.07, 6.45) is 4.30. The summed E-state index contributed by atoms with van der Waals surface area (Å²) < 4.78 is 0. The molecule has 98 valence electrons. The standard InChI is InChI=1S/C12H18N4OS/c1-2-8-15-16-12(18-8)14-11(17)9-6-3-4-7(5-6)10(9)13/h6-7,9-10H,2-5,13H2,1H3,(H,14,16,17). The largest absolute Gasteiger partial charge is 0.327 e. The van der Waals surface area contributed by atoms with Crippen LogP contribution in [0.3, 0.4) is 0 Å². The van der Waals surface area contributed by atoms with Gasteiger partial charge in [-0.25, -0.2) is 0 Å². The van der Waals surface area contributed by atoms with Gasteiger partial charge in [0, 0.05) is 6.04 Å². The first kappa shape index (κ1) is 12.0. The van der Waals surface area contributed by atoms with Crippen LogP contribution in [0.15, 0.2) is 0 Å². The normalized spacial score (nSPS) is 33.9. The highest BCUT2D eigenvalue weighted by molar-refractivity contribution is 7.15. The Balaban J connectivity index is 1.68. The number of hydrogen-bond donors (Lipinski definition) is 2. The molecule has 4 atom stereocenters. The Morgan fingerprint density at radius 2 is 2.22 bits per heavy atom. The molecule has 18 heavy (non-hydrogen) atoms. The molecular weight excluding hydrogens is 248 g/mol. The zero-order valence-corrected chi connectivity index (χ0v) is 11.2. The topological polar surface area (TPSA) is 80.9 Å². The third-order valence-electron chi connectivity index (χ3n) is 4.28. The molecule has 0 saturated heterocycles. The number of hydrogen-bond acceptors (Lipinski definition) is 5. The van der Waals surface area contributed by atoms with Crippen molar-refractivity contribution < 1.29 is 4.79 Å². The Morgan fingerprint density at radius 3 is 2.83 bits per heavy atom. The molecule has 1 aromatic heterocycles. The van der Waals surface area contributed by atoms with Crippen LogP contribution in [-0.4, -0.2) is 22.1 Å². The zero-order valence-electron chi connectivity index (χ0n) is 10.4. The van der Waals surface area contributed by atoms with Crippen molar-refractivity contribution in [1.29, 1.82) is 0 Å². The molecule has 0 radical (unpaired) electrons. The maximum absolute atomic E-state index is 12.3. The van der Waals surface area contributed by atoms with E-state index in [1.54, 1.807) is 0 Å². The van der Waals surface area contributed by atoms with Gasteiger partial charge >= 0.3 is 0 Å². The number of nitrogens with two attached hydrogens (primary N) is 1. The van der Waals surface area contributed by atoms with Gasteiger partial charge in [0.2, 0.25) is 11.0 Å². The van der Waals surface area contributed by atoms with Gasteiger partial charge in [-0.3, -0.25) is 4.79 Å². The van der Waals surface area contributed by atoms with E-state index in [2.05, 4.69) is 15.5 Å². The van der Waals surface area contributed by atoms with Crippen LogP contribution in [0.5, 0.6) is 0 Å². The second kappa shape index (κ2) is 4.59. The Hall–Kier alpha value is -1.01. The number of aromatic nitrogens is 2. The molecule has 2 fully saturated rings. The van der Waals surface area contributed by atoms with Crippen molar-refractivity contribution in [3.63, 3.8) is 0 Å². The molecule has 2 bridgehead atoms. The number of nitrogens with one attached hydrogen (secondary N) is 1. The molecule has 1 amide bonds. The fourth-order valence-corrected chi connectivity index (χ4v) is 4.04. The first-order valence-corrected chi connectivity index (χ1v) is 7.39. The van der Waals surface area contributed by atoms with Crippen LogP contribution in [0.1, 0.15) is 31.2 Å². The maximum atomic E-state index is 12.3. The molecule has 3 rings (SSSR count). The third kappa shape index (κ3) is 1.93. The van der Waals surface area contributed by atoms with Crippen molar-refractivity contribution in [3.05, 3.63) is 5.01 Å².